The molecule has 0 bridgehead atoms. The molecule has 2 aromatic rings. The van der Waals surface area contributed by atoms with Gasteiger partial charge in [0.25, 0.3) is 0 Å². The minimum absolute atomic E-state index is 0.0185. The fourth-order valence-corrected chi connectivity index (χ4v) is 1.25. The highest BCUT2D eigenvalue weighted by Gasteiger charge is 2.09. The molecule has 0 spiro atoms. The predicted molar refractivity (Wildman–Crippen MR) is 60.4 cm³/mol. The topological polar surface area (TPSA) is 84.1 Å². The molecule has 0 aliphatic rings. The Morgan fingerprint density at radius 1 is 1.41 bits per heavy atom. The van der Waals surface area contributed by atoms with Crippen molar-refractivity contribution in [3.05, 3.63) is 30.2 Å². The summed E-state index contributed by atoms with van der Waals surface area (Å²) in [5.74, 6) is -0.00304. The van der Waals surface area contributed by atoms with Gasteiger partial charge in [0.2, 0.25) is 5.95 Å². The summed E-state index contributed by atoms with van der Waals surface area (Å²) in [6.45, 7) is 0. The smallest absolute Gasteiger partial charge is 0.356 e. The quantitative estimate of drug-likeness (QED) is 0.827. The highest BCUT2D eigenvalue weighted by molar-refractivity contribution is 5.85. The lowest BCUT2D eigenvalue weighted by molar-refractivity contribution is 0.0690. The number of anilines is 1. The third-order valence-electron chi connectivity index (χ3n) is 2.07. The van der Waals surface area contributed by atoms with Gasteiger partial charge < -0.3 is 10.0 Å². The molecule has 0 saturated carbocycles. The fourth-order valence-electron chi connectivity index (χ4n) is 1.25. The second-order valence-corrected chi connectivity index (χ2v) is 3.56. The van der Waals surface area contributed by atoms with Crippen LogP contribution >= 0.6 is 0 Å². The molecular weight excluding hydrogens is 222 g/mol. The lowest BCUT2D eigenvalue weighted by Crippen LogP contribution is -2.14. The van der Waals surface area contributed by atoms with Gasteiger partial charge in [0.15, 0.2) is 11.5 Å². The molecule has 0 aliphatic carbocycles. The van der Waals surface area contributed by atoms with E-state index in [4.69, 9.17) is 5.11 Å². The van der Waals surface area contributed by atoms with Crippen LogP contribution in [0.25, 0.3) is 5.82 Å². The fraction of sp³-hybridized carbons (Fsp3) is 0.200. The zero-order chi connectivity index (χ0) is 12.4. The Hall–Kier alpha value is -2.44. The average molecular weight is 233 g/mol. The molecule has 0 fully saturated rings. The minimum Gasteiger partial charge on any atom is -0.476 e. The van der Waals surface area contributed by atoms with Crippen molar-refractivity contribution in [1.29, 1.82) is 0 Å². The van der Waals surface area contributed by atoms with Crippen molar-refractivity contribution >= 4 is 11.9 Å². The van der Waals surface area contributed by atoms with Crippen LogP contribution in [0.1, 0.15) is 10.5 Å². The van der Waals surface area contributed by atoms with Crippen LogP contribution in [0.4, 0.5) is 5.95 Å². The molecule has 2 aromatic heterocycles. The summed E-state index contributed by atoms with van der Waals surface area (Å²) in [6, 6.07) is 3.07. The molecule has 0 atom stereocenters. The van der Waals surface area contributed by atoms with Gasteiger partial charge in [-0.15, -0.1) is 0 Å². The first-order valence-electron chi connectivity index (χ1n) is 4.87. The number of hydrogen-bond acceptors (Lipinski definition) is 5. The third-order valence-corrected chi connectivity index (χ3v) is 2.07. The summed E-state index contributed by atoms with van der Waals surface area (Å²) in [5.41, 5.74) is -0.0185. The van der Waals surface area contributed by atoms with Crippen LogP contribution in [-0.2, 0) is 0 Å². The van der Waals surface area contributed by atoms with Crippen molar-refractivity contribution in [2.45, 2.75) is 0 Å². The maximum Gasteiger partial charge on any atom is 0.356 e. The zero-order valence-electron chi connectivity index (χ0n) is 9.40. The largest absolute Gasteiger partial charge is 0.476 e. The van der Waals surface area contributed by atoms with E-state index >= 15 is 0 Å². The van der Waals surface area contributed by atoms with Crippen molar-refractivity contribution in [1.82, 2.24) is 19.7 Å². The number of aromatic nitrogens is 4. The molecule has 0 unspecified atom stereocenters. The molecular formula is C10H11N5O2. The molecule has 0 radical (unpaired) electrons. The number of hydrogen-bond donors (Lipinski definition) is 1. The Balaban J connectivity index is 2.38. The molecule has 88 valence electrons. The van der Waals surface area contributed by atoms with Crippen LogP contribution in [0.2, 0.25) is 0 Å². The van der Waals surface area contributed by atoms with E-state index in [2.05, 4.69) is 15.1 Å². The Kier molecular flexibility index (Phi) is 2.73. The van der Waals surface area contributed by atoms with Gasteiger partial charge in [-0.05, 0) is 6.07 Å². The highest BCUT2D eigenvalue weighted by Crippen LogP contribution is 2.08. The van der Waals surface area contributed by atoms with E-state index in [9.17, 15) is 4.79 Å². The zero-order valence-corrected chi connectivity index (χ0v) is 9.40. The molecule has 0 amide bonds. The van der Waals surface area contributed by atoms with Gasteiger partial charge in [-0.3, -0.25) is 0 Å². The van der Waals surface area contributed by atoms with E-state index in [0.717, 1.165) is 0 Å². The van der Waals surface area contributed by atoms with Gasteiger partial charge in [0.1, 0.15) is 0 Å². The summed E-state index contributed by atoms with van der Waals surface area (Å²) in [7, 11) is 3.65. The molecule has 0 aliphatic heterocycles. The molecule has 0 saturated heterocycles. The lowest BCUT2D eigenvalue weighted by atomic mass is 10.5. The predicted octanol–water partition coefficient (Wildman–Crippen LogP) is 0.426. The number of carboxylic acids is 1. The third kappa shape index (κ3) is 2.22. The van der Waals surface area contributed by atoms with Crippen molar-refractivity contribution in [2.75, 3.05) is 19.0 Å². The summed E-state index contributed by atoms with van der Waals surface area (Å²) >= 11 is 0. The maximum absolute atomic E-state index is 10.7. The highest BCUT2D eigenvalue weighted by atomic mass is 16.4. The summed E-state index contributed by atoms with van der Waals surface area (Å²) in [6.07, 6.45) is 3.14. The normalized spacial score (nSPS) is 10.2. The molecule has 2 rings (SSSR count). The summed E-state index contributed by atoms with van der Waals surface area (Å²) in [4.78, 5) is 20.8. The number of rotatable bonds is 3. The van der Waals surface area contributed by atoms with Gasteiger partial charge >= 0.3 is 5.97 Å². The summed E-state index contributed by atoms with van der Waals surface area (Å²) < 4.78 is 1.40. The van der Waals surface area contributed by atoms with Crippen LogP contribution in [-0.4, -0.2) is 44.9 Å². The first-order chi connectivity index (χ1) is 8.08. The van der Waals surface area contributed by atoms with E-state index in [-0.39, 0.29) is 5.69 Å². The number of nitrogens with zero attached hydrogens (tertiary/aromatic N) is 5. The Morgan fingerprint density at radius 3 is 2.76 bits per heavy atom. The second kappa shape index (κ2) is 4.20. The minimum atomic E-state index is -1.06. The van der Waals surface area contributed by atoms with Crippen molar-refractivity contribution < 1.29 is 9.90 Å². The van der Waals surface area contributed by atoms with Crippen LogP contribution in [0.5, 0.6) is 0 Å². The van der Waals surface area contributed by atoms with Crippen molar-refractivity contribution in [3.63, 3.8) is 0 Å². The van der Waals surface area contributed by atoms with Crippen molar-refractivity contribution in [2.24, 2.45) is 0 Å². The number of carbonyl (C=O) groups is 1. The van der Waals surface area contributed by atoms with Gasteiger partial charge in [-0.2, -0.15) is 10.1 Å². The maximum atomic E-state index is 10.7. The van der Waals surface area contributed by atoms with E-state index < -0.39 is 5.97 Å². The summed E-state index contributed by atoms with van der Waals surface area (Å²) in [5, 5.41) is 12.7. The molecule has 7 heteroatoms. The van der Waals surface area contributed by atoms with Crippen LogP contribution in [0.15, 0.2) is 24.5 Å². The van der Waals surface area contributed by atoms with E-state index in [1.807, 2.05) is 14.1 Å². The molecule has 17 heavy (non-hydrogen) atoms. The van der Waals surface area contributed by atoms with E-state index in [1.54, 1.807) is 23.4 Å². The van der Waals surface area contributed by atoms with Gasteiger partial charge in [0, 0.05) is 32.6 Å². The SMILES string of the molecule is CN(C)c1nccc(-n2ccc(C(=O)O)n2)n1. The van der Waals surface area contributed by atoms with Crippen molar-refractivity contribution in [3.8, 4) is 5.82 Å². The Bertz CT molecular complexity index is 549. The molecule has 2 heterocycles. The first-order valence-corrected chi connectivity index (χ1v) is 4.87. The second-order valence-electron chi connectivity index (χ2n) is 3.56. The Labute approximate surface area is 97.3 Å². The molecule has 7 nitrogen and oxygen atoms in total. The van der Waals surface area contributed by atoms with E-state index in [1.165, 1.54) is 10.7 Å². The number of carboxylic acid groups (broad SMARTS) is 1. The molecule has 0 aromatic carbocycles. The van der Waals surface area contributed by atoms with Gasteiger partial charge in [0.05, 0.1) is 0 Å². The van der Waals surface area contributed by atoms with E-state index in [0.29, 0.717) is 11.8 Å². The average Bonchev–Trinajstić information content (AvgIpc) is 2.78. The van der Waals surface area contributed by atoms with Crippen LogP contribution in [0, 0.1) is 0 Å². The lowest BCUT2D eigenvalue weighted by Gasteiger charge is -2.10. The van der Waals surface area contributed by atoms with Gasteiger partial charge in [-0.25, -0.2) is 14.5 Å². The Morgan fingerprint density at radius 2 is 2.18 bits per heavy atom. The van der Waals surface area contributed by atoms with Crippen LogP contribution < -0.4 is 4.90 Å². The standard InChI is InChI=1S/C10H11N5O2/c1-14(2)10-11-5-3-8(12-10)15-6-4-7(13-15)9(16)17/h3-6H,1-2H3,(H,16,17). The first kappa shape index (κ1) is 11.1. The molecule has 1 N–H and O–H groups in total. The number of aromatic carboxylic acids is 1. The van der Waals surface area contributed by atoms with Gasteiger partial charge in [-0.1, -0.05) is 0 Å². The monoisotopic (exact) mass is 233 g/mol. The van der Waals surface area contributed by atoms with Crippen LogP contribution in [0.3, 0.4) is 0 Å².